The lowest BCUT2D eigenvalue weighted by atomic mass is 10.2. The van der Waals surface area contributed by atoms with Crippen LogP contribution in [-0.4, -0.2) is 34.1 Å². The van der Waals surface area contributed by atoms with Gasteiger partial charge in [-0.1, -0.05) is 15.9 Å². The van der Waals surface area contributed by atoms with Crippen molar-refractivity contribution in [1.82, 2.24) is 4.72 Å². The Morgan fingerprint density at radius 1 is 1.10 bits per heavy atom. The first-order valence-corrected chi connectivity index (χ1v) is 11.6. The second-order valence-corrected chi connectivity index (χ2v) is 9.29. The van der Waals surface area contributed by atoms with Gasteiger partial charge in [-0.15, -0.1) is 0 Å². The number of rotatable bonds is 7. The first-order valence-electron chi connectivity index (χ1n) is 9.30. The van der Waals surface area contributed by atoms with Crippen LogP contribution in [0.1, 0.15) is 24.8 Å². The molecule has 0 aliphatic carbocycles. The third-order valence-corrected chi connectivity index (χ3v) is 6.69. The van der Waals surface area contributed by atoms with Crippen molar-refractivity contribution in [3.05, 3.63) is 46.4 Å². The van der Waals surface area contributed by atoms with Gasteiger partial charge in [0.1, 0.15) is 0 Å². The largest absolute Gasteiger partial charge is 0.490 e. The summed E-state index contributed by atoms with van der Waals surface area (Å²) in [7, 11) is -3.70. The standard InChI is InChI=1S/C20H23BrN2O5S/c1-14-12-15(5-7-17(14)21)23-20(24)4-2-9-22-29(25,26)16-6-8-18-19(13-16)28-11-3-10-27-18/h5-8,12-13,22H,2-4,9-11H2,1H3,(H,23,24). The van der Waals surface area contributed by atoms with Crippen LogP contribution in [0.3, 0.4) is 0 Å². The molecule has 1 aliphatic heterocycles. The van der Waals surface area contributed by atoms with E-state index in [2.05, 4.69) is 26.0 Å². The Morgan fingerprint density at radius 2 is 1.86 bits per heavy atom. The van der Waals surface area contributed by atoms with Gasteiger partial charge in [-0.3, -0.25) is 4.79 Å². The summed E-state index contributed by atoms with van der Waals surface area (Å²) in [6, 6.07) is 10.1. The molecule has 0 unspecified atom stereocenters. The van der Waals surface area contributed by atoms with E-state index in [9.17, 15) is 13.2 Å². The lowest BCUT2D eigenvalue weighted by molar-refractivity contribution is -0.116. The molecule has 0 spiro atoms. The summed E-state index contributed by atoms with van der Waals surface area (Å²) in [5, 5.41) is 2.81. The molecule has 0 saturated heterocycles. The highest BCUT2D eigenvalue weighted by Crippen LogP contribution is 2.31. The SMILES string of the molecule is Cc1cc(NC(=O)CCCNS(=O)(=O)c2ccc3c(c2)OCCCO3)ccc1Br. The summed E-state index contributed by atoms with van der Waals surface area (Å²) in [6.45, 7) is 3.12. The number of amides is 1. The molecule has 9 heteroatoms. The van der Waals surface area contributed by atoms with Gasteiger partial charge < -0.3 is 14.8 Å². The van der Waals surface area contributed by atoms with Gasteiger partial charge in [0.15, 0.2) is 11.5 Å². The van der Waals surface area contributed by atoms with Crippen molar-refractivity contribution in [2.45, 2.75) is 31.1 Å². The molecule has 0 atom stereocenters. The average molecular weight is 483 g/mol. The maximum Gasteiger partial charge on any atom is 0.240 e. The van der Waals surface area contributed by atoms with E-state index < -0.39 is 10.0 Å². The molecular formula is C20H23BrN2O5S. The normalized spacial score (nSPS) is 13.6. The van der Waals surface area contributed by atoms with Gasteiger partial charge in [0.25, 0.3) is 0 Å². The van der Waals surface area contributed by atoms with E-state index in [1.807, 2.05) is 25.1 Å². The van der Waals surface area contributed by atoms with Crippen LogP contribution in [0, 0.1) is 6.92 Å². The summed E-state index contributed by atoms with van der Waals surface area (Å²) in [6.07, 6.45) is 1.33. The molecule has 3 rings (SSSR count). The van der Waals surface area contributed by atoms with Crippen LogP contribution in [0.15, 0.2) is 45.8 Å². The highest BCUT2D eigenvalue weighted by molar-refractivity contribution is 9.10. The Bertz CT molecular complexity index is 994. The number of hydrogen-bond donors (Lipinski definition) is 2. The second-order valence-electron chi connectivity index (χ2n) is 6.67. The molecule has 0 fully saturated rings. The number of ether oxygens (including phenoxy) is 2. The van der Waals surface area contributed by atoms with Crippen LogP contribution in [0.5, 0.6) is 11.5 Å². The molecule has 2 aromatic rings. The van der Waals surface area contributed by atoms with Gasteiger partial charge in [-0.25, -0.2) is 13.1 Å². The molecule has 156 valence electrons. The maximum absolute atomic E-state index is 12.5. The van der Waals surface area contributed by atoms with Crippen LogP contribution >= 0.6 is 15.9 Å². The Kier molecular flexibility index (Phi) is 7.15. The number of hydrogen-bond acceptors (Lipinski definition) is 5. The summed E-state index contributed by atoms with van der Waals surface area (Å²) in [5.41, 5.74) is 1.73. The molecular weight excluding hydrogens is 460 g/mol. The number of halogens is 1. The quantitative estimate of drug-likeness (QED) is 0.587. The fourth-order valence-electron chi connectivity index (χ4n) is 2.80. The lowest BCUT2D eigenvalue weighted by Gasteiger charge is -2.11. The topological polar surface area (TPSA) is 93.7 Å². The molecule has 1 amide bonds. The van der Waals surface area contributed by atoms with Crippen molar-refractivity contribution >= 4 is 37.5 Å². The van der Waals surface area contributed by atoms with Crippen molar-refractivity contribution in [2.24, 2.45) is 0 Å². The van der Waals surface area contributed by atoms with E-state index in [1.165, 1.54) is 12.1 Å². The Hall–Kier alpha value is -2.10. The summed E-state index contributed by atoms with van der Waals surface area (Å²) >= 11 is 3.42. The fourth-order valence-corrected chi connectivity index (χ4v) is 4.13. The van der Waals surface area contributed by atoms with Gasteiger partial charge >= 0.3 is 0 Å². The zero-order valence-corrected chi connectivity index (χ0v) is 18.4. The van der Waals surface area contributed by atoms with Crippen LogP contribution < -0.4 is 19.5 Å². The number of anilines is 1. The lowest BCUT2D eigenvalue weighted by Crippen LogP contribution is -2.25. The van der Waals surface area contributed by atoms with E-state index in [1.54, 1.807) is 6.07 Å². The van der Waals surface area contributed by atoms with Gasteiger partial charge in [0.05, 0.1) is 18.1 Å². The predicted molar refractivity (Wildman–Crippen MR) is 114 cm³/mol. The van der Waals surface area contributed by atoms with E-state index >= 15 is 0 Å². The van der Waals surface area contributed by atoms with E-state index in [-0.39, 0.29) is 23.8 Å². The monoisotopic (exact) mass is 482 g/mol. The number of fused-ring (bicyclic) bond motifs is 1. The number of carbonyl (C=O) groups is 1. The molecule has 1 aliphatic rings. The third-order valence-electron chi connectivity index (χ3n) is 4.34. The van der Waals surface area contributed by atoms with Crippen molar-refractivity contribution < 1.29 is 22.7 Å². The molecule has 1 heterocycles. The zero-order chi connectivity index (χ0) is 20.9. The molecule has 0 radical (unpaired) electrons. The average Bonchev–Trinajstić information content (AvgIpc) is 2.93. The molecule has 7 nitrogen and oxygen atoms in total. The molecule has 0 saturated carbocycles. The number of nitrogens with one attached hydrogen (secondary N) is 2. The Morgan fingerprint density at radius 3 is 2.62 bits per heavy atom. The summed E-state index contributed by atoms with van der Waals surface area (Å²) in [4.78, 5) is 12.2. The smallest absolute Gasteiger partial charge is 0.240 e. The van der Waals surface area contributed by atoms with E-state index in [0.29, 0.717) is 36.8 Å². The van der Waals surface area contributed by atoms with E-state index in [0.717, 1.165) is 16.5 Å². The Labute approximate surface area is 179 Å². The second kappa shape index (κ2) is 9.60. The van der Waals surface area contributed by atoms with Crippen molar-refractivity contribution in [1.29, 1.82) is 0 Å². The van der Waals surface area contributed by atoms with Gasteiger partial charge in [0.2, 0.25) is 15.9 Å². The maximum atomic E-state index is 12.5. The van der Waals surface area contributed by atoms with Gasteiger partial charge in [-0.05, 0) is 49.2 Å². The summed E-state index contributed by atoms with van der Waals surface area (Å²) in [5.74, 6) is 0.803. The molecule has 2 N–H and O–H groups in total. The summed E-state index contributed by atoms with van der Waals surface area (Å²) < 4.78 is 39.5. The fraction of sp³-hybridized carbons (Fsp3) is 0.350. The van der Waals surface area contributed by atoms with E-state index in [4.69, 9.17) is 9.47 Å². The van der Waals surface area contributed by atoms with Crippen molar-refractivity contribution in [2.75, 3.05) is 25.1 Å². The number of benzene rings is 2. The molecule has 29 heavy (non-hydrogen) atoms. The number of aryl methyl sites for hydroxylation is 1. The van der Waals surface area contributed by atoms with Crippen LogP contribution in [-0.2, 0) is 14.8 Å². The third kappa shape index (κ3) is 5.94. The minimum atomic E-state index is -3.70. The van der Waals surface area contributed by atoms with Crippen molar-refractivity contribution in [3.8, 4) is 11.5 Å². The minimum absolute atomic E-state index is 0.108. The first-order chi connectivity index (χ1) is 13.8. The first kappa shape index (κ1) is 21.6. The van der Waals surface area contributed by atoms with Gasteiger partial charge in [0, 0.05) is 35.6 Å². The number of carbonyl (C=O) groups excluding carboxylic acids is 1. The minimum Gasteiger partial charge on any atom is -0.490 e. The molecule has 0 aromatic heterocycles. The predicted octanol–water partition coefficient (Wildman–Crippen LogP) is 3.62. The molecule has 0 bridgehead atoms. The van der Waals surface area contributed by atoms with Crippen LogP contribution in [0.4, 0.5) is 5.69 Å². The zero-order valence-electron chi connectivity index (χ0n) is 16.0. The van der Waals surface area contributed by atoms with Gasteiger partial charge in [-0.2, -0.15) is 0 Å². The van der Waals surface area contributed by atoms with Crippen molar-refractivity contribution in [3.63, 3.8) is 0 Å². The number of sulfonamides is 1. The molecule has 2 aromatic carbocycles. The Balaban J connectivity index is 1.49. The van der Waals surface area contributed by atoms with Crippen LogP contribution in [0.25, 0.3) is 0 Å². The highest BCUT2D eigenvalue weighted by Gasteiger charge is 2.18. The highest BCUT2D eigenvalue weighted by atomic mass is 79.9. The van der Waals surface area contributed by atoms with Crippen LogP contribution in [0.2, 0.25) is 0 Å².